The third-order valence-corrected chi connectivity index (χ3v) is 4.04. The molecule has 0 aromatic rings. The zero-order chi connectivity index (χ0) is 15.2. The first kappa shape index (κ1) is 15.1. The van der Waals surface area contributed by atoms with E-state index >= 15 is 0 Å². The molecule has 2 N–H and O–H groups in total. The molecule has 2 rings (SSSR count). The Bertz CT molecular complexity index is 416. The van der Waals surface area contributed by atoms with Crippen molar-refractivity contribution in [1.82, 2.24) is 4.90 Å². The van der Waals surface area contributed by atoms with E-state index in [0.717, 1.165) is 6.42 Å². The summed E-state index contributed by atoms with van der Waals surface area (Å²) >= 11 is 0. The van der Waals surface area contributed by atoms with Crippen molar-refractivity contribution in [3.05, 3.63) is 0 Å². The lowest BCUT2D eigenvalue weighted by atomic mass is 9.95. The number of hydrogen-bond acceptors (Lipinski definition) is 4. The van der Waals surface area contributed by atoms with E-state index in [2.05, 4.69) is 0 Å². The molecule has 1 saturated heterocycles. The van der Waals surface area contributed by atoms with Crippen LogP contribution in [-0.4, -0.2) is 51.0 Å². The van der Waals surface area contributed by atoms with E-state index in [1.165, 1.54) is 6.92 Å². The molecule has 0 bridgehead atoms. The second-order valence-electron chi connectivity index (χ2n) is 6.87. The molecule has 6 heteroatoms. The van der Waals surface area contributed by atoms with Crippen LogP contribution in [-0.2, 0) is 9.53 Å². The summed E-state index contributed by atoms with van der Waals surface area (Å²) in [6.45, 7) is 6.83. The monoisotopic (exact) mass is 285 g/mol. The van der Waals surface area contributed by atoms with Gasteiger partial charge in [-0.05, 0) is 46.5 Å². The molecule has 2 fully saturated rings. The zero-order valence-electron chi connectivity index (χ0n) is 12.4. The second-order valence-corrected chi connectivity index (χ2v) is 6.87. The molecule has 0 spiro atoms. The topological polar surface area (TPSA) is 87.1 Å². The van der Waals surface area contributed by atoms with Crippen molar-refractivity contribution in [1.29, 1.82) is 0 Å². The van der Waals surface area contributed by atoms with Gasteiger partial charge in [0.1, 0.15) is 5.60 Å². The van der Waals surface area contributed by atoms with Crippen LogP contribution < -0.4 is 0 Å². The van der Waals surface area contributed by atoms with Crippen molar-refractivity contribution in [3.8, 4) is 0 Å². The molecule has 2 aliphatic rings. The van der Waals surface area contributed by atoms with E-state index in [0.29, 0.717) is 12.3 Å². The van der Waals surface area contributed by atoms with E-state index in [-0.39, 0.29) is 6.04 Å². The Hall–Kier alpha value is -1.30. The highest BCUT2D eigenvalue weighted by atomic mass is 16.6. The van der Waals surface area contributed by atoms with E-state index < -0.39 is 35.7 Å². The highest BCUT2D eigenvalue weighted by molar-refractivity contribution is 5.72. The smallest absolute Gasteiger partial charge is 0.410 e. The standard InChI is InChI=1S/C14H23NO5/c1-7(12(17)18)11(16)10-6-8-5-9(8)15(10)13(19)20-14(2,3)4/h7-11,16H,5-6H2,1-4H3,(H,17,18)/t7-,8+,9+,10+,11-/m1/s1. The van der Waals surface area contributed by atoms with Crippen LogP contribution in [0.4, 0.5) is 4.79 Å². The van der Waals surface area contributed by atoms with Crippen LogP contribution in [0.2, 0.25) is 0 Å². The molecule has 20 heavy (non-hydrogen) atoms. The Morgan fingerprint density at radius 3 is 2.40 bits per heavy atom. The van der Waals surface area contributed by atoms with Gasteiger partial charge in [-0.2, -0.15) is 0 Å². The fourth-order valence-electron chi connectivity index (χ4n) is 2.86. The molecule has 1 amide bonds. The fraction of sp³-hybridized carbons (Fsp3) is 0.857. The lowest BCUT2D eigenvalue weighted by molar-refractivity contribution is -0.146. The van der Waals surface area contributed by atoms with Crippen LogP contribution in [0.3, 0.4) is 0 Å². The van der Waals surface area contributed by atoms with Gasteiger partial charge in [0.2, 0.25) is 0 Å². The first-order chi connectivity index (χ1) is 9.11. The minimum Gasteiger partial charge on any atom is -0.481 e. The molecule has 114 valence electrons. The molecule has 6 nitrogen and oxygen atoms in total. The number of nitrogens with zero attached hydrogens (tertiary/aromatic N) is 1. The maximum atomic E-state index is 12.3. The van der Waals surface area contributed by atoms with E-state index in [4.69, 9.17) is 9.84 Å². The summed E-state index contributed by atoms with van der Waals surface area (Å²) in [7, 11) is 0. The third kappa shape index (κ3) is 2.90. The Morgan fingerprint density at radius 1 is 1.30 bits per heavy atom. The molecule has 1 saturated carbocycles. The maximum Gasteiger partial charge on any atom is 0.410 e. The summed E-state index contributed by atoms with van der Waals surface area (Å²) in [6, 6.07) is -0.356. The van der Waals surface area contributed by atoms with Gasteiger partial charge in [-0.15, -0.1) is 0 Å². The predicted octanol–water partition coefficient (Wildman–Crippen LogP) is 1.47. The van der Waals surface area contributed by atoms with Crippen LogP contribution in [0.15, 0.2) is 0 Å². The van der Waals surface area contributed by atoms with Gasteiger partial charge in [-0.25, -0.2) is 4.79 Å². The van der Waals surface area contributed by atoms with Crippen LogP contribution >= 0.6 is 0 Å². The van der Waals surface area contributed by atoms with Crippen molar-refractivity contribution < 1.29 is 24.5 Å². The van der Waals surface area contributed by atoms with Crippen molar-refractivity contribution in [2.24, 2.45) is 11.8 Å². The quantitative estimate of drug-likeness (QED) is 0.820. The number of carbonyl (C=O) groups excluding carboxylic acids is 1. The predicted molar refractivity (Wildman–Crippen MR) is 71.2 cm³/mol. The SMILES string of the molecule is C[C@@H](C(=O)O)[C@@H](O)[C@@H]1C[C@@H]2C[C@@H]2N1C(=O)OC(C)(C)C. The highest BCUT2D eigenvalue weighted by Crippen LogP contribution is 2.49. The maximum absolute atomic E-state index is 12.3. The van der Waals surface area contributed by atoms with Crippen molar-refractivity contribution in [2.45, 2.75) is 64.3 Å². The fourth-order valence-corrected chi connectivity index (χ4v) is 2.86. The highest BCUT2D eigenvalue weighted by Gasteiger charge is 2.57. The number of likely N-dealkylation sites (tertiary alicyclic amines) is 1. The zero-order valence-corrected chi connectivity index (χ0v) is 12.4. The van der Waals surface area contributed by atoms with Gasteiger partial charge in [0, 0.05) is 6.04 Å². The average molecular weight is 285 g/mol. The molecule has 1 heterocycles. The normalized spacial score (nSPS) is 31.4. The number of carboxylic acids is 1. The number of piperidine rings is 1. The summed E-state index contributed by atoms with van der Waals surface area (Å²) in [5, 5.41) is 19.2. The average Bonchev–Trinajstić information content (AvgIpc) is 2.95. The number of ether oxygens (including phenoxy) is 1. The number of amides is 1. The van der Waals surface area contributed by atoms with E-state index in [9.17, 15) is 14.7 Å². The van der Waals surface area contributed by atoms with Gasteiger partial charge in [0.05, 0.1) is 18.1 Å². The number of fused-ring (bicyclic) bond motifs is 1. The van der Waals surface area contributed by atoms with Gasteiger partial charge < -0.3 is 14.9 Å². The van der Waals surface area contributed by atoms with E-state index in [1.807, 2.05) is 0 Å². The molecular weight excluding hydrogens is 262 g/mol. The lowest BCUT2D eigenvalue weighted by Gasteiger charge is -2.34. The summed E-state index contributed by atoms with van der Waals surface area (Å²) in [5.41, 5.74) is -0.599. The molecule has 0 aromatic heterocycles. The molecule has 0 radical (unpaired) electrons. The van der Waals surface area contributed by atoms with Crippen molar-refractivity contribution >= 4 is 12.1 Å². The first-order valence-electron chi connectivity index (χ1n) is 7.04. The van der Waals surface area contributed by atoms with Crippen LogP contribution in [0.5, 0.6) is 0 Å². The molecule has 1 aliphatic heterocycles. The van der Waals surface area contributed by atoms with Crippen molar-refractivity contribution in [2.75, 3.05) is 0 Å². The van der Waals surface area contributed by atoms with Crippen LogP contribution in [0, 0.1) is 11.8 Å². The number of carboxylic acid groups (broad SMARTS) is 1. The molecular formula is C14H23NO5. The minimum absolute atomic E-state index is 0.102. The molecule has 1 aliphatic carbocycles. The number of aliphatic hydroxyl groups excluding tert-OH is 1. The number of carbonyl (C=O) groups is 2. The number of rotatable bonds is 3. The Balaban J connectivity index is 2.09. The Kier molecular flexibility index (Phi) is 3.71. The number of aliphatic hydroxyl groups is 1. The van der Waals surface area contributed by atoms with Gasteiger partial charge >= 0.3 is 12.1 Å². The second kappa shape index (κ2) is 4.91. The van der Waals surface area contributed by atoms with Crippen LogP contribution in [0.25, 0.3) is 0 Å². The van der Waals surface area contributed by atoms with Gasteiger partial charge in [0.15, 0.2) is 0 Å². The summed E-state index contributed by atoms with van der Waals surface area (Å²) < 4.78 is 5.37. The number of aliphatic carboxylic acids is 1. The number of hydrogen-bond donors (Lipinski definition) is 2. The lowest BCUT2D eigenvalue weighted by Crippen LogP contribution is -2.50. The van der Waals surface area contributed by atoms with Gasteiger partial charge in [-0.1, -0.05) is 0 Å². The molecule has 0 aromatic carbocycles. The van der Waals surface area contributed by atoms with Gasteiger partial charge in [0.25, 0.3) is 0 Å². The minimum atomic E-state index is -1.06. The van der Waals surface area contributed by atoms with Gasteiger partial charge in [-0.3, -0.25) is 9.69 Å². The third-order valence-electron chi connectivity index (χ3n) is 4.04. The Morgan fingerprint density at radius 2 is 1.90 bits per heavy atom. The Labute approximate surface area is 118 Å². The first-order valence-corrected chi connectivity index (χ1v) is 7.04. The summed E-state index contributed by atoms with van der Waals surface area (Å²) in [5.74, 6) is -1.58. The largest absolute Gasteiger partial charge is 0.481 e. The van der Waals surface area contributed by atoms with E-state index in [1.54, 1.807) is 25.7 Å². The molecule has 0 unspecified atom stereocenters. The summed E-state index contributed by atoms with van der Waals surface area (Å²) in [4.78, 5) is 24.8. The van der Waals surface area contributed by atoms with Crippen molar-refractivity contribution in [3.63, 3.8) is 0 Å². The van der Waals surface area contributed by atoms with Crippen LogP contribution in [0.1, 0.15) is 40.5 Å². The molecule has 5 atom stereocenters. The summed E-state index contributed by atoms with van der Waals surface area (Å²) in [6.07, 6.45) is 0.0593.